The summed E-state index contributed by atoms with van der Waals surface area (Å²) in [6, 6.07) is 11.8. The van der Waals surface area contributed by atoms with E-state index >= 15 is 0 Å². The third kappa shape index (κ3) is 5.16. The highest BCUT2D eigenvalue weighted by Gasteiger charge is 2.43. The van der Waals surface area contributed by atoms with Gasteiger partial charge in [-0.25, -0.2) is 4.90 Å². The molecule has 0 aromatic heterocycles. The fraction of sp³-hybridized carbons (Fsp3) is 0.364. The van der Waals surface area contributed by atoms with Crippen molar-refractivity contribution in [1.82, 2.24) is 4.90 Å². The third-order valence-electron chi connectivity index (χ3n) is 5.64. The van der Waals surface area contributed by atoms with Gasteiger partial charge >= 0.3 is 6.36 Å². The quantitative estimate of drug-likeness (QED) is 0.658. The van der Waals surface area contributed by atoms with E-state index in [2.05, 4.69) is 10.1 Å². The number of hydrogen-bond acceptors (Lipinski definition) is 5. The van der Waals surface area contributed by atoms with Crippen LogP contribution in [0.1, 0.15) is 19.3 Å². The van der Waals surface area contributed by atoms with Gasteiger partial charge in [0.25, 0.3) is 5.91 Å². The van der Waals surface area contributed by atoms with Crippen molar-refractivity contribution in [2.75, 3.05) is 23.3 Å². The molecule has 32 heavy (non-hydrogen) atoms. The summed E-state index contributed by atoms with van der Waals surface area (Å²) in [5.41, 5.74) is 1.21. The van der Waals surface area contributed by atoms with Crippen molar-refractivity contribution >= 4 is 34.8 Å². The highest BCUT2D eigenvalue weighted by Crippen LogP contribution is 2.29. The molecule has 0 radical (unpaired) electrons. The summed E-state index contributed by atoms with van der Waals surface area (Å²) in [6.07, 6.45) is -3.11. The van der Waals surface area contributed by atoms with Gasteiger partial charge in [-0.1, -0.05) is 11.6 Å². The summed E-state index contributed by atoms with van der Waals surface area (Å²) in [5, 5.41) is 3.83. The molecule has 1 unspecified atom stereocenters. The Balaban J connectivity index is 1.31. The van der Waals surface area contributed by atoms with Crippen molar-refractivity contribution in [2.24, 2.45) is 0 Å². The van der Waals surface area contributed by atoms with Crippen molar-refractivity contribution in [3.05, 3.63) is 53.6 Å². The fourth-order valence-electron chi connectivity index (χ4n) is 4.11. The maximum atomic E-state index is 12.9. The summed E-state index contributed by atoms with van der Waals surface area (Å²) in [4.78, 5) is 28.7. The maximum Gasteiger partial charge on any atom is 0.573 e. The zero-order valence-electron chi connectivity index (χ0n) is 16.9. The molecular weight excluding hydrogens is 447 g/mol. The average Bonchev–Trinajstić information content (AvgIpc) is 3.04. The van der Waals surface area contributed by atoms with E-state index in [4.69, 9.17) is 11.6 Å². The number of imide groups is 1. The van der Waals surface area contributed by atoms with Crippen LogP contribution in [0.15, 0.2) is 48.5 Å². The van der Waals surface area contributed by atoms with Crippen molar-refractivity contribution in [1.29, 1.82) is 0 Å². The number of benzene rings is 2. The molecule has 2 fully saturated rings. The number of anilines is 2. The first-order valence-corrected chi connectivity index (χ1v) is 10.6. The summed E-state index contributed by atoms with van der Waals surface area (Å²) in [6.45, 7) is 1.26. The van der Waals surface area contributed by atoms with Crippen LogP contribution in [0.4, 0.5) is 24.5 Å². The minimum atomic E-state index is -4.72. The molecule has 6 nitrogen and oxygen atoms in total. The van der Waals surface area contributed by atoms with E-state index in [9.17, 15) is 22.8 Å². The molecule has 170 valence electrons. The van der Waals surface area contributed by atoms with E-state index in [0.717, 1.165) is 12.8 Å². The van der Waals surface area contributed by atoms with Gasteiger partial charge in [-0.2, -0.15) is 0 Å². The number of carbonyl (C=O) groups is 2. The topological polar surface area (TPSA) is 61.9 Å². The first kappa shape index (κ1) is 22.4. The van der Waals surface area contributed by atoms with Crippen LogP contribution < -0.4 is 15.0 Å². The number of hydrogen-bond donors (Lipinski definition) is 1. The molecule has 0 aliphatic carbocycles. The van der Waals surface area contributed by atoms with Crippen molar-refractivity contribution < 1.29 is 27.5 Å². The Bertz CT molecular complexity index is 975. The van der Waals surface area contributed by atoms with Crippen LogP contribution in [0.25, 0.3) is 0 Å². The lowest BCUT2D eigenvalue weighted by Gasteiger charge is -2.35. The normalized spacial score (nSPS) is 20.6. The second-order valence-electron chi connectivity index (χ2n) is 7.79. The Morgan fingerprint density at radius 2 is 1.59 bits per heavy atom. The molecular formula is C22H21ClF3N3O3. The van der Waals surface area contributed by atoms with Crippen LogP contribution in [0.3, 0.4) is 0 Å². The van der Waals surface area contributed by atoms with Gasteiger partial charge in [-0.05, 0) is 61.4 Å². The molecule has 2 aromatic carbocycles. The van der Waals surface area contributed by atoms with Gasteiger partial charge in [0, 0.05) is 29.8 Å². The minimum absolute atomic E-state index is 0.111. The van der Waals surface area contributed by atoms with E-state index in [0.29, 0.717) is 29.5 Å². The summed E-state index contributed by atoms with van der Waals surface area (Å²) >= 11 is 5.89. The van der Waals surface area contributed by atoms with E-state index < -0.39 is 12.4 Å². The molecule has 0 saturated carbocycles. The van der Waals surface area contributed by atoms with E-state index in [1.54, 1.807) is 24.3 Å². The smallest absolute Gasteiger partial charge is 0.406 e. The average molecular weight is 468 g/mol. The summed E-state index contributed by atoms with van der Waals surface area (Å²) in [5.74, 6) is -0.736. The number of nitrogens with one attached hydrogen (secondary N) is 1. The molecule has 2 saturated heterocycles. The van der Waals surface area contributed by atoms with Gasteiger partial charge in [0.1, 0.15) is 5.75 Å². The number of alkyl halides is 3. The monoisotopic (exact) mass is 467 g/mol. The number of nitrogens with zero attached hydrogens (tertiary/aromatic N) is 2. The first-order valence-electron chi connectivity index (χ1n) is 10.2. The third-order valence-corrected chi connectivity index (χ3v) is 5.89. The molecule has 1 N–H and O–H groups in total. The number of carbonyl (C=O) groups excluding carboxylic acids is 2. The number of likely N-dealkylation sites (tertiary alicyclic amines) is 1. The molecule has 1 atom stereocenters. The fourth-order valence-corrected chi connectivity index (χ4v) is 4.23. The molecule has 0 spiro atoms. The maximum absolute atomic E-state index is 12.9. The lowest BCUT2D eigenvalue weighted by Crippen LogP contribution is -2.48. The van der Waals surface area contributed by atoms with Crippen LogP contribution in [0.5, 0.6) is 5.75 Å². The molecule has 2 aromatic rings. The summed E-state index contributed by atoms with van der Waals surface area (Å²) < 4.78 is 40.7. The van der Waals surface area contributed by atoms with Crippen LogP contribution in [-0.4, -0.2) is 48.2 Å². The summed E-state index contributed by atoms with van der Waals surface area (Å²) in [7, 11) is 0. The van der Waals surface area contributed by atoms with Gasteiger partial charge in [-0.15, -0.1) is 13.2 Å². The molecule has 4 rings (SSSR count). The number of rotatable bonds is 5. The van der Waals surface area contributed by atoms with Crippen LogP contribution in [0, 0.1) is 0 Å². The molecule has 2 aliphatic heterocycles. The Morgan fingerprint density at radius 3 is 2.19 bits per heavy atom. The molecule has 0 bridgehead atoms. The largest absolute Gasteiger partial charge is 0.573 e. The Labute approximate surface area is 187 Å². The SMILES string of the molecule is O=C1CC(N2CCC(Nc3ccc(OC(F)(F)F)cc3)CC2)C(=O)N1c1ccc(Cl)cc1. The highest BCUT2D eigenvalue weighted by molar-refractivity contribution is 6.30. The second-order valence-corrected chi connectivity index (χ2v) is 8.23. The standard InChI is InChI=1S/C22H21ClF3N3O3/c23-14-1-5-17(6-2-14)29-20(30)13-19(21(29)31)28-11-9-16(10-12-28)27-15-3-7-18(8-4-15)32-22(24,25)26/h1-8,16,19,27H,9-13H2. The second kappa shape index (κ2) is 8.99. The van der Waals surface area contributed by atoms with Gasteiger partial charge in [-0.3, -0.25) is 14.5 Å². The van der Waals surface area contributed by atoms with Crippen LogP contribution in [0.2, 0.25) is 5.02 Å². The lowest BCUT2D eigenvalue weighted by atomic mass is 10.0. The first-order chi connectivity index (χ1) is 15.2. The van der Waals surface area contributed by atoms with Crippen LogP contribution in [-0.2, 0) is 9.59 Å². The van der Waals surface area contributed by atoms with Crippen LogP contribution >= 0.6 is 11.6 Å². The zero-order valence-corrected chi connectivity index (χ0v) is 17.7. The van der Waals surface area contributed by atoms with Crippen molar-refractivity contribution in [3.63, 3.8) is 0 Å². The number of ether oxygens (including phenoxy) is 1. The minimum Gasteiger partial charge on any atom is -0.406 e. The Kier molecular flexibility index (Phi) is 6.30. The van der Waals surface area contributed by atoms with Gasteiger partial charge in [0.05, 0.1) is 18.2 Å². The molecule has 10 heteroatoms. The molecule has 2 aliphatic rings. The predicted octanol–water partition coefficient (Wildman–Crippen LogP) is 4.45. The number of piperidine rings is 1. The molecule has 2 amide bonds. The van der Waals surface area contributed by atoms with Gasteiger partial charge < -0.3 is 10.1 Å². The van der Waals surface area contributed by atoms with E-state index in [-0.39, 0.29) is 30.0 Å². The predicted molar refractivity (Wildman–Crippen MR) is 114 cm³/mol. The van der Waals surface area contributed by atoms with Crippen molar-refractivity contribution in [2.45, 2.75) is 37.7 Å². The van der Waals surface area contributed by atoms with Gasteiger partial charge in [0.15, 0.2) is 0 Å². The Morgan fingerprint density at radius 1 is 0.969 bits per heavy atom. The Hall–Kier alpha value is -2.78. The van der Waals surface area contributed by atoms with Gasteiger partial charge in [0.2, 0.25) is 5.91 Å². The highest BCUT2D eigenvalue weighted by atomic mass is 35.5. The van der Waals surface area contributed by atoms with Crippen molar-refractivity contribution in [3.8, 4) is 5.75 Å². The molecule has 2 heterocycles. The number of halogens is 4. The number of amides is 2. The lowest BCUT2D eigenvalue weighted by molar-refractivity contribution is -0.274. The zero-order chi connectivity index (χ0) is 22.9. The van der Waals surface area contributed by atoms with E-state index in [1.165, 1.54) is 29.2 Å². The van der Waals surface area contributed by atoms with E-state index in [1.807, 2.05) is 4.90 Å².